The summed E-state index contributed by atoms with van der Waals surface area (Å²) in [6.07, 6.45) is 2.73. The van der Waals surface area contributed by atoms with E-state index in [1.165, 1.54) is 5.56 Å². The second-order valence-corrected chi connectivity index (χ2v) is 4.85. The fraction of sp³-hybridized carbons (Fsp3) is 0.312. The smallest absolute Gasteiger partial charge is 0.219 e. The lowest BCUT2D eigenvalue weighted by Crippen LogP contribution is -1.97. The molecule has 3 nitrogen and oxygen atoms in total. The maximum Gasteiger partial charge on any atom is 0.219 e. The van der Waals surface area contributed by atoms with Crippen molar-refractivity contribution in [2.45, 2.75) is 20.3 Å². The van der Waals surface area contributed by atoms with Crippen molar-refractivity contribution in [2.24, 2.45) is 5.92 Å². The van der Waals surface area contributed by atoms with Crippen molar-refractivity contribution in [2.75, 3.05) is 7.11 Å². The van der Waals surface area contributed by atoms with E-state index in [0.29, 0.717) is 17.5 Å². The average molecular weight is 257 g/mol. The lowest BCUT2D eigenvalue weighted by atomic mass is 10.0. The molecule has 0 bridgehead atoms. The number of nitrogens with zero attached hydrogens (tertiary/aromatic N) is 1. The fourth-order valence-corrected chi connectivity index (χ4v) is 1.91. The zero-order valence-corrected chi connectivity index (χ0v) is 11.6. The summed E-state index contributed by atoms with van der Waals surface area (Å²) in [5.74, 6) is 2.61. The highest BCUT2D eigenvalue weighted by Crippen LogP contribution is 2.32. The summed E-state index contributed by atoms with van der Waals surface area (Å²) in [6.45, 7) is 4.40. The number of methoxy groups -OCH3 is 1. The first-order valence-electron chi connectivity index (χ1n) is 6.45. The van der Waals surface area contributed by atoms with E-state index >= 15 is 0 Å². The molecule has 0 amide bonds. The van der Waals surface area contributed by atoms with Crippen molar-refractivity contribution in [3.05, 3.63) is 48.2 Å². The molecule has 0 aliphatic heterocycles. The summed E-state index contributed by atoms with van der Waals surface area (Å²) in [7, 11) is 1.65. The molecule has 0 aliphatic rings. The van der Waals surface area contributed by atoms with Gasteiger partial charge in [0.05, 0.1) is 7.11 Å². The van der Waals surface area contributed by atoms with Crippen molar-refractivity contribution < 1.29 is 9.47 Å². The van der Waals surface area contributed by atoms with Gasteiger partial charge in [-0.2, -0.15) is 0 Å². The van der Waals surface area contributed by atoms with E-state index in [0.717, 1.165) is 12.2 Å². The van der Waals surface area contributed by atoms with Gasteiger partial charge in [0.2, 0.25) is 5.88 Å². The Morgan fingerprint density at radius 3 is 2.58 bits per heavy atom. The van der Waals surface area contributed by atoms with Crippen molar-refractivity contribution in [3.63, 3.8) is 0 Å². The zero-order valence-electron chi connectivity index (χ0n) is 11.6. The molecule has 2 aromatic rings. The molecule has 0 unspecified atom stereocenters. The maximum absolute atomic E-state index is 5.72. The minimum atomic E-state index is 0.567. The van der Waals surface area contributed by atoms with E-state index in [1.54, 1.807) is 13.3 Å². The number of rotatable bonds is 5. The van der Waals surface area contributed by atoms with Crippen molar-refractivity contribution >= 4 is 0 Å². The number of pyridine rings is 1. The summed E-state index contributed by atoms with van der Waals surface area (Å²) < 4.78 is 11.1. The van der Waals surface area contributed by atoms with Crippen LogP contribution in [0.4, 0.5) is 0 Å². The number of hydrogen-bond donors (Lipinski definition) is 0. The van der Waals surface area contributed by atoms with Crippen LogP contribution in [-0.2, 0) is 6.42 Å². The van der Waals surface area contributed by atoms with Crippen LogP contribution in [0.5, 0.6) is 17.4 Å². The molecule has 0 N–H and O–H groups in total. The quantitative estimate of drug-likeness (QED) is 0.808. The van der Waals surface area contributed by atoms with Crippen LogP contribution in [0.25, 0.3) is 0 Å². The van der Waals surface area contributed by atoms with Crippen LogP contribution >= 0.6 is 0 Å². The molecule has 0 saturated heterocycles. The van der Waals surface area contributed by atoms with Gasteiger partial charge in [-0.15, -0.1) is 0 Å². The molecular formula is C16H19NO2. The minimum Gasteiger partial charge on any atom is -0.493 e. The van der Waals surface area contributed by atoms with Crippen molar-refractivity contribution in [3.8, 4) is 17.4 Å². The van der Waals surface area contributed by atoms with Crippen LogP contribution in [0, 0.1) is 5.92 Å². The predicted molar refractivity (Wildman–Crippen MR) is 75.8 cm³/mol. The van der Waals surface area contributed by atoms with Gasteiger partial charge in [0.15, 0.2) is 11.5 Å². The van der Waals surface area contributed by atoms with Gasteiger partial charge in [0.1, 0.15) is 0 Å². The summed E-state index contributed by atoms with van der Waals surface area (Å²) in [5, 5.41) is 0. The van der Waals surface area contributed by atoms with Gasteiger partial charge in [-0.05, 0) is 36.1 Å². The van der Waals surface area contributed by atoms with Crippen LogP contribution in [0.15, 0.2) is 42.6 Å². The highest BCUT2D eigenvalue weighted by molar-refractivity contribution is 5.44. The van der Waals surface area contributed by atoms with E-state index in [1.807, 2.05) is 30.3 Å². The predicted octanol–water partition coefficient (Wildman–Crippen LogP) is 4.08. The first-order valence-corrected chi connectivity index (χ1v) is 6.45. The van der Waals surface area contributed by atoms with Gasteiger partial charge in [-0.3, -0.25) is 0 Å². The molecule has 100 valence electrons. The molecule has 0 atom stereocenters. The minimum absolute atomic E-state index is 0.567. The van der Waals surface area contributed by atoms with Crippen molar-refractivity contribution in [1.29, 1.82) is 0 Å². The highest BCUT2D eigenvalue weighted by atomic mass is 16.5. The van der Waals surface area contributed by atoms with Crippen LogP contribution in [0.3, 0.4) is 0 Å². The molecule has 0 radical (unpaired) electrons. The lowest BCUT2D eigenvalue weighted by molar-refractivity contribution is 0.373. The van der Waals surface area contributed by atoms with Gasteiger partial charge in [0, 0.05) is 12.3 Å². The lowest BCUT2D eigenvalue weighted by Gasteiger charge is -2.12. The molecule has 0 aliphatic carbocycles. The van der Waals surface area contributed by atoms with Gasteiger partial charge >= 0.3 is 0 Å². The van der Waals surface area contributed by atoms with E-state index in [9.17, 15) is 0 Å². The fourth-order valence-electron chi connectivity index (χ4n) is 1.91. The largest absolute Gasteiger partial charge is 0.493 e. The second kappa shape index (κ2) is 6.23. The number of aromatic nitrogens is 1. The molecular weight excluding hydrogens is 238 g/mol. The Morgan fingerprint density at radius 1 is 1.11 bits per heavy atom. The maximum atomic E-state index is 5.72. The molecule has 0 fully saturated rings. The van der Waals surface area contributed by atoms with Gasteiger partial charge in [-0.25, -0.2) is 4.98 Å². The van der Waals surface area contributed by atoms with E-state index < -0.39 is 0 Å². The highest BCUT2D eigenvalue weighted by Gasteiger charge is 2.08. The molecule has 19 heavy (non-hydrogen) atoms. The molecule has 1 heterocycles. The second-order valence-electron chi connectivity index (χ2n) is 4.85. The standard InChI is InChI=1S/C16H19NO2/c1-12(2)10-13-7-8-14(15(11-13)18-3)19-16-6-4-5-9-17-16/h4-9,11-12H,10H2,1-3H3. The van der Waals surface area contributed by atoms with Crippen LogP contribution in [-0.4, -0.2) is 12.1 Å². The van der Waals surface area contributed by atoms with E-state index in [-0.39, 0.29) is 0 Å². The molecule has 3 heteroatoms. The zero-order chi connectivity index (χ0) is 13.7. The summed E-state index contributed by atoms with van der Waals surface area (Å²) in [6, 6.07) is 11.6. The van der Waals surface area contributed by atoms with E-state index in [4.69, 9.17) is 9.47 Å². The Morgan fingerprint density at radius 2 is 1.95 bits per heavy atom. The third-order valence-electron chi connectivity index (χ3n) is 2.72. The first-order chi connectivity index (χ1) is 9.19. The number of benzene rings is 1. The molecule has 1 aromatic heterocycles. The van der Waals surface area contributed by atoms with E-state index in [2.05, 4.69) is 24.9 Å². The number of hydrogen-bond acceptors (Lipinski definition) is 3. The van der Waals surface area contributed by atoms with Gasteiger partial charge < -0.3 is 9.47 Å². The average Bonchev–Trinajstić information content (AvgIpc) is 2.41. The summed E-state index contributed by atoms with van der Waals surface area (Å²) in [4.78, 5) is 4.14. The topological polar surface area (TPSA) is 31.4 Å². The molecule has 2 rings (SSSR count). The Hall–Kier alpha value is -2.03. The van der Waals surface area contributed by atoms with Crippen molar-refractivity contribution in [1.82, 2.24) is 4.98 Å². The third kappa shape index (κ3) is 3.71. The molecule has 1 aromatic carbocycles. The SMILES string of the molecule is COc1cc(CC(C)C)ccc1Oc1ccccn1. The van der Waals surface area contributed by atoms with Crippen LogP contribution in [0.2, 0.25) is 0 Å². The Bertz CT molecular complexity index is 524. The van der Waals surface area contributed by atoms with Crippen LogP contribution in [0.1, 0.15) is 19.4 Å². The summed E-state index contributed by atoms with van der Waals surface area (Å²) in [5.41, 5.74) is 1.25. The summed E-state index contributed by atoms with van der Waals surface area (Å²) >= 11 is 0. The monoisotopic (exact) mass is 257 g/mol. The molecule has 0 spiro atoms. The third-order valence-corrected chi connectivity index (χ3v) is 2.72. The Labute approximate surface area is 114 Å². The van der Waals surface area contributed by atoms with Gasteiger partial charge in [0.25, 0.3) is 0 Å². The van der Waals surface area contributed by atoms with Crippen LogP contribution < -0.4 is 9.47 Å². The molecule has 0 saturated carbocycles. The van der Waals surface area contributed by atoms with Gasteiger partial charge in [-0.1, -0.05) is 26.0 Å². The normalized spacial score (nSPS) is 10.5. The Balaban J connectivity index is 2.21. The number of ether oxygens (including phenoxy) is 2. The first kappa shape index (κ1) is 13.4. The Kier molecular flexibility index (Phi) is 4.39.